The Bertz CT molecular complexity index is 989. The average Bonchev–Trinajstić information content (AvgIpc) is 3.13. The van der Waals surface area contributed by atoms with Gasteiger partial charge < -0.3 is 4.90 Å². The third-order valence-electron chi connectivity index (χ3n) is 4.13. The van der Waals surface area contributed by atoms with Crippen molar-refractivity contribution in [2.45, 2.75) is 13.0 Å². The summed E-state index contributed by atoms with van der Waals surface area (Å²) in [5.41, 5.74) is 1.98. The number of amides is 1. The monoisotopic (exact) mass is 337 g/mol. The highest BCUT2D eigenvalue weighted by Crippen LogP contribution is 2.16. The maximum absolute atomic E-state index is 12.7. The summed E-state index contributed by atoms with van der Waals surface area (Å²) in [6, 6.07) is 9.40. The summed E-state index contributed by atoms with van der Waals surface area (Å²) in [4.78, 5) is 32.3. The van der Waals surface area contributed by atoms with Gasteiger partial charge in [0.25, 0.3) is 5.56 Å². The van der Waals surface area contributed by atoms with E-state index in [1.807, 2.05) is 35.7 Å². The van der Waals surface area contributed by atoms with E-state index in [-0.39, 0.29) is 11.5 Å². The molecule has 0 radical (unpaired) electrons. The lowest BCUT2D eigenvalue weighted by Crippen LogP contribution is -2.39. The largest absolute Gasteiger partial charge is 0.334 e. The van der Waals surface area contributed by atoms with E-state index >= 15 is 0 Å². The second-order valence-corrected chi connectivity index (χ2v) is 6.61. The Balaban J connectivity index is 1.62. The van der Waals surface area contributed by atoms with E-state index in [0.717, 1.165) is 10.6 Å². The van der Waals surface area contributed by atoms with Crippen LogP contribution in [0, 0.1) is 0 Å². The van der Waals surface area contributed by atoms with Crippen molar-refractivity contribution in [3.05, 3.63) is 74.5 Å². The van der Waals surface area contributed by atoms with Crippen LogP contribution < -0.4 is 5.56 Å². The molecule has 120 valence electrons. The van der Waals surface area contributed by atoms with Crippen molar-refractivity contribution in [2.75, 3.05) is 6.54 Å². The fraction of sp³-hybridized carbons (Fsp3) is 0.167. The molecule has 1 aliphatic rings. The highest BCUT2D eigenvalue weighted by Gasteiger charge is 2.23. The molecule has 24 heavy (non-hydrogen) atoms. The minimum absolute atomic E-state index is 0.0772. The molecule has 3 aromatic rings. The lowest BCUT2D eigenvalue weighted by molar-refractivity contribution is -0.126. The van der Waals surface area contributed by atoms with Gasteiger partial charge in [0.05, 0.1) is 17.8 Å². The highest BCUT2D eigenvalue weighted by atomic mass is 32.1. The number of pyridine rings is 1. The van der Waals surface area contributed by atoms with Crippen molar-refractivity contribution in [1.82, 2.24) is 14.3 Å². The molecule has 0 aromatic carbocycles. The molecule has 6 heteroatoms. The molecule has 1 aliphatic heterocycles. The lowest BCUT2D eigenvalue weighted by atomic mass is 10.1. The summed E-state index contributed by atoms with van der Waals surface area (Å²) >= 11 is 1.58. The summed E-state index contributed by atoms with van der Waals surface area (Å²) in [6.45, 7) is 0.892. The molecular weight excluding hydrogens is 322 g/mol. The summed E-state index contributed by atoms with van der Waals surface area (Å²) in [7, 11) is 0. The number of aromatic nitrogens is 2. The lowest BCUT2D eigenvalue weighted by Gasteiger charge is -2.27. The fourth-order valence-corrected chi connectivity index (χ4v) is 3.50. The number of fused-ring (bicyclic) bond motifs is 2. The van der Waals surface area contributed by atoms with E-state index in [0.29, 0.717) is 30.7 Å². The standard InChI is InChI=1S/C18H15N3O2S/c22-17(7-6-13-4-3-11-24-13)20-10-8-15-14(12-20)18(23)21-9-2-1-5-16(21)19-15/h1-7,9,11H,8,10,12H2. The molecule has 0 saturated carbocycles. The van der Waals surface area contributed by atoms with Crippen LogP contribution >= 0.6 is 11.3 Å². The van der Waals surface area contributed by atoms with E-state index in [4.69, 9.17) is 0 Å². The first-order valence-electron chi connectivity index (χ1n) is 7.72. The molecule has 1 amide bonds. The number of carbonyl (C=O) groups excluding carboxylic acids is 1. The van der Waals surface area contributed by atoms with Gasteiger partial charge in [-0.05, 0) is 29.7 Å². The summed E-state index contributed by atoms with van der Waals surface area (Å²) in [5, 5.41) is 1.97. The van der Waals surface area contributed by atoms with Crippen LogP contribution in [0.15, 0.2) is 52.8 Å². The normalized spacial score (nSPS) is 14.2. The van der Waals surface area contributed by atoms with Crippen molar-refractivity contribution in [2.24, 2.45) is 0 Å². The Morgan fingerprint density at radius 1 is 1.25 bits per heavy atom. The Morgan fingerprint density at radius 2 is 2.17 bits per heavy atom. The van der Waals surface area contributed by atoms with Gasteiger partial charge in [0.15, 0.2) is 0 Å². The third kappa shape index (κ3) is 2.65. The van der Waals surface area contributed by atoms with Gasteiger partial charge >= 0.3 is 0 Å². The minimum atomic E-state index is -0.0877. The second kappa shape index (κ2) is 6.05. The number of nitrogens with zero attached hydrogens (tertiary/aromatic N) is 3. The first-order chi connectivity index (χ1) is 11.7. The van der Waals surface area contributed by atoms with Crippen LogP contribution in [0.3, 0.4) is 0 Å². The van der Waals surface area contributed by atoms with Crippen LogP contribution in [-0.2, 0) is 17.8 Å². The smallest absolute Gasteiger partial charge is 0.263 e. The summed E-state index contributed by atoms with van der Waals surface area (Å²) in [6.07, 6.45) is 5.70. The third-order valence-corrected chi connectivity index (χ3v) is 4.96. The van der Waals surface area contributed by atoms with Gasteiger partial charge in [0.2, 0.25) is 5.91 Å². The Hall–Kier alpha value is -2.73. The molecule has 0 aliphatic carbocycles. The molecule has 5 nitrogen and oxygen atoms in total. The first-order valence-corrected chi connectivity index (χ1v) is 8.60. The molecule has 0 N–H and O–H groups in total. The van der Waals surface area contributed by atoms with E-state index in [1.54, 1.807) is 34.6 Å². The predicted octanol–water partition coefficient (Wildman–Crippen LogP) is 2.35. The Morgan fingerprint density at radius 3 is 3.00 bits per heavy atom. The molecule has 0 unspecified atom stereocenters. The van der Waals surface area contributed by atoms with E-state index in [1.165, 1.54) is 4.40 Å². The van der Waals surface area contributed by atoms with Crippen LogP contribution in [0.4, 0.5) is 0 Å². The molecule has 0 saturated heterocycles. The molecule has 3 aromatic heterocycles. The first kappa shape index (κ1) is 14.8. The van der Waals surface area contributed by atoms with Crippen molar-refractivity contribution in [1.29, 1.82) is 0 Å². The molecule has 4 heterocycles. The van der Waals surface area contributed by atoms with Gasteiger partial charge in [-0.15, -0.1) is 11.3 Å². The number of hydrogen-bond donors (Lipinski definition) is 0. The summed E-state index contributed by atoms with van der Waals surface area (Å²) in [5.74, 6) is -0.0772. The zero-order valence-electron chi connectivity index (χ0n) is 12.9. The zero-order valence-corrected chi connectivity index (χ0v) is 13.7. The van der Waals surface area contributed by atoms with Crippen LogP contribution in [0.2, 0.25) is 0 Å². The molecule has 4 rings (SSSR count). The Kier molecular flexibility index (Phi) is 3.74. The van der Waals surface area contributed by atoms with Crippen molar-refractivity contribution in [3.8, 4) is 0 Å². The van der Waals surface area contributed by atoms with E-state index in [9.17, 15) is 9.59 Å². The molecule has 0 atom stereocenters. The topological polar surface area (TPSA) is 54.7 Å². The Labute approximate surface area is 142 Å². The van der Waals surface area contributed by atoms with Crippen molar-refractivity contribution in [3.63, 3.8) is 0 Å². The van der Waals surface area contributed by atoms with E-state index < -0.39 is 0 Å². The van der Waals surface area contributed by atoms with Gasteiger partial charge in [0.1, 0.15) is 5.65 Å². The number of rotatable bonds is 2. The van der Waals surface area contributed by atoms with Gasteiger partial charge in [-0.3, -0.25) is 14.0 Å². The fourth-order valence-electron chi connectivity index (χ4n) is 2.88. The van der Waals surface area contributed by atoms with Gasteiger partial charge in [-0.25, -0.2) is 4.98 Å². The van der Waals surface area contributed by atoms with Crippen molar-refractivity contribution < 1.29 is 4.79 Å². The average molecular weight is 337 g/mol. The zero-order chi connectivity index (χ0) is 16.5. The maximum atomic E-state index is 12.7. The molecule has 0 fully saturated rings. The van der Waals surface area contributed by atoms with Crippen LogP contribution in [-0.4, -0.2) is 26.7 Å². The van der Waals surface area contributed by atoms with Crippen LogP contribution in [0.1, 0.15) is 16.1 Å². The number of carbonyl (C=O) groups is 1. The molecular formula is C18H15N3O2S. The van der Waals surface area contributed by atoms with Gasteiger partial charge in [0, 0.05) is 30.1 Å². The van der Waals surface area contributed by atoms with Gasteiger partial charge in [-0.2, -0.15) is 0 Å². The molecule has 0 spiro atoms. The summed E-state index contributed by atoms with van der Waals surface area (Å²) < 4.78 is 1.54. The number of hydrogen-bond acceptors (Lipinski definition) is 4. The highest BCUT2D eigenvalue weighted by molar-refractivity contribution is 7.10. The SMILES string of the molecule is O=C(C=Cc1cccs1)N1CCc2nc3ccccn3c(=O)c2C1. The quantitative estimate of drug-likeness (QED) is 0.675. The van der Waals surface area contributed by atoms with Crippen molar-refractivity contribution >= 4 is 29.0 Å². The minimum Gasteiger partial charge on any atom is -0.334 e. The number of thiophene rings is 1. The maximum Gasteiger partial charge on any atom is 0.263 e. The van der Waals surface area contributed by atoms with Gasteiger partial charge in [-0.1, -0.05) is 12.1 Å². The van der Waals surface area contributed by atoms with Crippen LogP contribution in [0.5, 0.6) is 0 Å². The predicted molar refractivity (Wildman–Crippen MR) is 93.9 cm³/mol. The van der Waals surface area contributed by atoms with E-state index in [2.05, 4.69) is 4.98 Å². The second-order valence-electron chi connectivity index (χ2n) is 5.63. The molecule has 0 bridgehead atoms. The van der Waals surface area contributed by atoms with Crippen LogP contribution in [0.25, 0.3) is 11.7 Å².